The molecule has 0 saturated carbocycles. The molecule has 0 bridgehead atoms. The Kier molecular flexibility index (Phi) is 6.19. The molecule has 3 N–H and O–H groups in total. The van der Waals surface area contributed by atoms with Crippen LogP contribution in [0, 0.1) is 0 Å². The van der Waals surface area contributed by atoms with Crippen molar-refractivity contribution in [2.24, 2.45) is 0 Å². The number of hydrogen-bond acceptors (Lipinski definition) is 5. The number of nitrogens with two attached hydrogens (primary N) is 1. The second kappa shape index (κ2) is 7.44. The van der Waals surface area contributed by atoms with E-state index in [4.69, 9.17) is 5.73 Å². The first kappa shape index (κ1) is 17.5. The Morgan fingerprint density at radius 2 is 1.95 bits per heavy atom. The van der Waals surface area contributed by atoms with Gasteiger partial charge in [0.1, 0.15) is 11.6 Å². The Morgan fingerprint density at radius 1 is 1.29 bits per heavy atom. The quantitative estimate of drug-likeness (QED) is 0.758. The highest BCUT2D eigenvalue weighted by Crippen LogP contribution is 2.27. The van der Waals surface area contributed by atoms with Crippen LogP contribution >= 0.6 is 0 Å². The highest BCUT2D eigenvalue weighted by molar-refractivity contribution is 5.44. The normalized spacial score (nSPS) is 12.2. The van der Waals surface area contributed by atoms with Crippen molar-refractivity contribution in [3.05, 3.63) is 11.9 Å². The summed E-state index contributed by atoms with van der Waals surface area (Å²) in [4.78, 5) is 8.83. The molecule has 0 radical (unpaired) electrons. The fourth-order valence-electron chi connectivity index (χ4n) is 1.64. The van der Waals surface area contributed by atoms with Gasteiger partial charge in [-0.3, -0.25) is 0 Å². The van der Waals surface area contributed by atoms with Gasteiger partial charge >= 0.3 is 6.18 Å². The lowest BCUT2D eigenvalue weighted by Crippen LogP contribution is -2.27. The first-order chi connectivity index (χ1) is 9.70. The summed E-state index contributed by atoms with van der Waals surface area (Å²) in [6.45, 7) is 5.71. The van der Waals surface area contributed by atoms with Crippen LogP contribution in [0.15, 0.2) is 6.07 Å². The minimum atomic E-state index is -4.59. The summed E-state index contributed by atoms with van der Waals surface area (Å²) in [5, 5.41) is 2.85. The molecule has 0 fully saturated rings. The molecular formula is C13H22F3N5. The highest BCUT2D eigenvalue weighted by Gasteiger charge is 2.35. The maximum absolute atomic E-state index is 12.5. The van der Waals surface area contributed by atoms with Crippen LogP contribution < -0.4 is 11.1 Å². The summed E-state index contributed by atoms with van der Waals surface area (Å²) in [6, 6.07) is 1.78. The summed E-state index contributed by atoms with van der Waals surface area (Å²) in [6.07, 6.45) is -2.80. The average molecular weight is 305 g/mol. The Bertz CT molecular complexity index is 448. The fourth-order valence-corrected chi connectivity index (χ4v) is 1.64. The molecule has 120 valence electrons. The summed E-state index contributed by atoms with van der Waals surface area (Å²) >= 11 is 0. The summed E-state index contributed by atoms with van der Waals surface area (Å²) in [7, 11) is 2.04. The molecule has 0 spiro atoms. The van der Waals surface area contributed by atoms with Crippen molar-refractivity contribution in [3.8, 4) is 0 Å². The fraction of sp³-hybridized carbons (Fsp3) is 0.692. The molecule has 0 aliphatic carbocycles. The number of anilines is 2. The zero-order valence-electron chi connectivity index (χ0n) is 12.5. The van der Waals surface area contributed by atoms with Crippen molar-refractivity contribution >= 4 is 11.6 Å². The van der Waals surface area contributed by atoms with Gasteiger partial charge < -0.3 is 16.0 Å². The standard InChI is InChI=1S/C13H22F3N5/c1-9(2)21(3)7-5-4-6-18-11-8-10(17)19-12(20-11)13(14,15)16/h8-9H,4-7H2,1-3H3,(H3,17,18,19,20). The van der Waals surface area contributed by atoms with Crippen LogP contribution in [0.2, 0.25) is 0 Å². The van der Waals surface area contributed by atoms with E-state index in [0.29, 0.717) is 12.6 Å². The summed E-state index contributed by atoms with van der Waals surface area (Å²) < 4.78 is 37.6. The molecule has 0 atom stereocenters. The minimum Gasteiger partial charge on any atom is -0.384 e. The third kappa shape index (κ3) is 6.16. The van der Waals surface area contributed by atoms with Crippen LogP contribution in [0.4, 0.5) is 24.8 Å². The highest BCUT2D eigenvalue weighted by atomic mass is 19.4. The van der Waals surface area contributed by atoms with E-state index in [1.54, 1.807) is 0 Å². The van der Waals surface area contributed by atoms with E-state index in [1.807, 2.05) is 7.05 Å². The number of aromatic nitrogens is 2. The minimum absolute atomic E-state index is 0.104. The van der Waals surface area contributed by atoms with Gasteiger partial charge in [0, 0.05) is 18.7 Å². The molecule has 0 unspecified atom stereocenters. The Balaban J connectivity index is 2.44. The first-order valence-electron chi connectivity index (χ1n) is 6.86. The van der Waals surface area contributed by atoms with Crippen molar-refractivity contribution in [2.75, 3.05) is 31.2 Å². The topological polar surface area (TPSA) is 67.1 Å². The first-order valence-corrected chi connectivity index (χ1v) is 6.86. The Morgan fingerprint density at radius 3 is 2.52 bits per heavy atom. The number of nitrogens with one attached hydrogen (secondary N) is 1. The summed E-state index contributed by atoms with van der Waals surface area (Å²) in [5.41, 5.74) is 5.36. The van der Waals surface area contributed by atoms with Gasteiger partial charge in [-0.2, -0.15) is 13.2 Å². The molecule has 1 aromatic heterocycles. The summed E-state index contributed by atoms with van der Waals surface area (Å²) in [5.74, 6) is -1.31. The van der Waals surface area contributed by atoms with Gasteiger partial charge in [-0.25, -0.2) is 9.97 Å². The van der Waals surface area contributed by atoms with Crippen LogP contribution in [0.25, 0.3) is 0 Å². The predicted molar refractivity (Wildman–Crippen MR) is 76.9 cm³/mol. The van der Waals surface area contributed by atoms with E-state index in [1.165, 1.54) is 6.07 Å². The monoisotopic (exact) mass is 305 g/mol. The third-order valence-corrected chi connectivity index (χ3v) is 3.12. The molecule has 8 heteroatoms. The van der Waals surface area contributed by atoms with Gasteiger partial charge in [0.2, 0.25) is 5.82 Å². The molecule has 1 aromatic rings. The predicted octanol–water partition coefficient (Wildman–Crippen LogP) is 2.61. The van der Waals surface area contributed by atoms with Gasteiger partial charge in [-0.1, -0.05) is 0 Å². The Hall–Kier alpha value is -1.57. The van der Waals surface area contributed by atoms with Crippen LogP contribution in [-0.2, 0) is 6.18 Å². The lowest BCUT2D eigenvalue weighted by atomic mass is 10.2. The molecule has 0 amide bonds. The number of unbranched alkanes of at least 4 members (excludes halogenated alkanes) is 1. The van der Waals surface area contributed by atoms with Gasteiger partial charge in [0.15, 0.2) is 0 Å². The van der Waals surface area contributed by atoms with Gasteiger partial charge in [-0.15, -0.1) is 0 Å². The second-order valence-corrected chi connectivity index (χ2v) is 5.21. The maximum Gasteiger partial charge on any atom is 0.451 e. The van der Waals surface area contributed by atoms with E-state index in [2.05, 4.69) is 34.0 Å². The number of alkyl halides is 3. The number of nitrogens with zero attached hydrogens (tertiary/aromatic N) is 3. The maximum atomic E-state index is 12.5. The van der Waals surface area contributed by atoms with Crippen LogP contribution in [-0.4, -0.2) is 41.0 Å². The number of nitrogen functional groups attached to an aromatic ring is 1. The van der Waals surface area contributed by atoms with E-state index >= 15 is 0 Å². The number of halogens is 3. The number of hydrogen-bond donors (Lipinski definition) is 2. The van der Waals surface area contributed by atoms with Gasteiger partial charge in [-0.05, 0) is 40.3 Å². The van der Waals surface area contributed by atoms with E-state index in [0.717, 1.165) is 19.4 Å². The van der Waals surface area contributed by atoms with Gasteiger partial charge in [0.05, 0.1) is 0 Å². The SMILES string of the molecule is CC(C)N(C)CCCCNc1cc(N)nc(C(F)(F)F)n1. The molecule has 0 aliphatic rings. The third-order valence-electron chi connectivity index (χ3n) is 3.12. The van der Waals surface area contributed by atoms with Crippen molar-refractivity contribution in [1.29, 1.82) is 0 Å². The zero-order valence-corrected chi connectivity index (χ0v) is 12.5. The van der Waals surface area contributed by atoms with E-state index in [9.17, 15) is 13.2 Å². The molecule has 0 aromatic carbocycles. The van der Waals surface area contributed by atoms with E-state index < -0.39 is 12.0 Å². The van der Waals surface area contributed by atoms with Crippen LogP contribution in [0.5, 0.6) is 0 Å². The smallest absolute Gasteiger partial charge is 0.384 e. The average Bonchev–Trinajstić information content (AvgIpc) is 2.36. The van der Waals surface area contributed by atoms with Gasteiger partial charge in [0.25, 0.3) is 0 Å². The van der Waals surface area contributed by atoms with Crippen molar-refractivity contribution < 1.29 is 13.2 Å². The van der Waals surface area contributed by atoms with Crippen molar-refractivity contribution in [3.63, 3.8) is 0 Å². The molecule has 5 nitrogen and oxygen atoms in total. The molecule has 0 aliphatic heterocycles. The molecule has 0 saturated heterocycles. The zero-order chi connectivity index (χ0) is 16.0. The second-order valence-electron chi connectivity index (χ2n) is 5.21. The Labute approximate surface area is 122 Å². The van der Waals surface area contributed by atoms with Crippen molar-refractivity contribution in [1.82, 2.24) is 14.9 Å². The van der Waals surface area contributed by atoms with Crippen LogP contribution in [0.1, 0.15) is 32.5 Å². The van der Waals surface area contributed by atoms with Crippen molar-refractivity contribution in [2.45, 2.75) is 38.9 Å². The lowest BCUT2D eigenvalue weighted by Gasteiger charge is -2.20. The molecule has 1 rings (SSSR count). The molecule has 21 heavy (non-hydrogen) atoms. The number of rotatable bonds is 7. The van der Waals surface area contributed by atoms with Crippen LogP contribution in [0.3, 0.4) is 0 Å². The lowest BCUT2D eigenvalue weighted by molar-refractivity contribution is -0.144. The largest absolute Gasteiger partial charge is 0.451 e. The molecular weight excluding hydrogens is 283 g/mol. The van der Waals surface area contributed by atoms with E-state index in [-0.39, 0.29) is 11.6 Å². The molecule has 1 heterocycles.